The predicted octanol–water partition coefficient (Wildman–Crippen LogP) is 6.14. The first-order valence-corrected chi connectivity index (χ1v) is 12.6. The Morgan fingerprint density at radius 3 is 2.24 bits per heavy atom. The fraction of sp³-hybridized carbons (Fsp3) is 0.267. The number of ketones is 1. The van der Waals surface area contributed by atoms with Crippen LogP contribution >= 0.6 is 0 Å². The molecule has 1 unspecified atom stereocenters. The smallest absolute Gasteiger partial charge is 0.300 e. The Morgan fingerprint density at radius 2 is 1.66 bits per heavy atom. The summed E-state index contributed by atoms with van der Waals surface area (Å²) in [6, 6.07) is 13.8. The van der Waals surface area contributed by atoms with E-state index in [2.05, 4.69) is 4.90 Å². The van der Waals surface area contributed by atoms with E-state index in [4.69, 9.17) is 4.74 Å². The molecule has 1 fully saturated rings. The van der Waals surface area contributed by atoms with Crippen molar-refractivity contribution in [3.05, 3.63) is 94.6 Å². The number of halogens is 2. The SMILES string of the molecule is CCOc1ccc(/C(O)=C2\C(=O)C(=O)N(c3ccc(F)cc3F)C2c2ccc(N(CC)CC)cc2)cc1C. The maximum Gasteiger partial charge on any atom is 0.300 e. The van der Waals surface area contributed by atoms with Crippen molar-refractivity contribution in [1.82, 2.24) is 0 Å². The van der Waals surface area contributed by atoms with Gasteiger partial charge < -0.3 is 14.7 Å². The van der Waals surface area contributed by atoms with Crippen molar-refractivity contribution in [2.24, 2.45) is 0 Å². The quantitative estimate of drug-likeness (QED) is 0.219. The standard InChI is InChI=1S/C30H30F2N2O4/c1-5-33(6-2)22-12-8-19(9-13-22)27-26(28(35)20-10-15-25(38-7-3)18(4)16-20)29(36)30(37)34(27)24-14-11-21(31)17-23(24)32/h8-17,27,35H,5-7H2,1-4H3/b28-26+. The van der Waals surface area contributed by atoms with E-state index in [-0.39, 0.29) is 11.3 Å². The van der Waals surface area contributed by atoms with Crippen LogP contribution < -0.4 is 14.5 Å². The van der Waals surface area contributed by atoms with E-state index in [9.17, 15) is 23.5 Å². The molecule has 3 aromatic rings. The molecule has 0 saturated carbocycles. The number of ether oxygens (including phenoxy) is 1. The number of amides is 1. The molecule has 1 aliphatic rings. The highest BCUT2D eigenvalue weighted by Crippen LogP contribution is 2.43. The van der Waals surface area contributed by atoms with E-state index in [1.807, 2.05) is 32.9 Å². The summed E-state index contributed by atoms with van der Waals surface area (Å²) >= 11 is 0. The number of benzene rings is 3. The lowest BCUT2D eigenvalue weighted by Crippen LogP contribution is -2.30. The molecule has 3 aromatic carbocycles. The zero-order chi connectivity index (χ0) is 27.6. The molecule has 1 saturated heterocycles. The van der Waals surface area contributed by atoms with Gasteiger partial charge >= 0.3 is 0 Å². The number of anilines is 2. The third-order valence-electron chi connectivity index (χ3n) is 6.70. The topological polar surface area (TPSA) is 70.1 Å². The van der Waals surface area contributed by atoms with Crippen molar-refractivity contribution >= 4 is 28.8 Å². The minimum Gasteiger partial charge on any atom is -0.507 e. The number of aliphatic hydroxyl groups is 1. The van der Waals surface area contributed by atoms with Crippen molar-refractivity contribution in [2.45, 2.75) is 33.7 Å². The number of carbonyl (C=O) groups is 2. The van der Waals surface area contributed by atoms with Crippen LogP contribution in [0.1, 0.15) is 43.5 Å². The molecule has 1 amide bonds. The molecule has 0 aliphatic carbocycles. The van der Waals surface area contributed by atoms with Crippen LogP contribution in [-0.2, 0) is 9.59 Å². The molecular formula is C30H30F2N2O4. The van der Waals surface area contributed by atoms with Gasteiger partial charge in [-0.1, -0.05) is 12.1 Å². The summed E-state index contributed by atoms with van der Waals surface area (Å²) in [4.78, 5) is 29.7. The third kappa shape index (κ3) is 4.86. The van der Waals surface area contributed by atoms with Crippen molar-refractivity contribution < 1.29 is 28.2 Å². The summed E-state index contributed by atoms with van der Waals surface area (Å²) in [5, 5.41) is 11.4. The molecule has 0 spiro atoms. The minimum atomic E-state index is -1.13. The Morgan fingerprint density at radius 1 is 0.974 bits per heavy atom. The van der Waals surface area contributed by atoms with Gasteiger partial charge in [-0.2, -0.15) is 0 Å². The first-order valence-electron chi connectivity index (χ1n) is 12.6. The molecule has 1 heterocycles. The molecule has 0 radical (unpaired) electrons. The lowest BCUT2D eigenvalue weighted by molar-refractivity contribution is -0.132. The maximum atomic E-state index is 14.9. The molecule has 6 nitrogen and oxygen atoms in total. The summed E-state index contributed by atoms with van der Waals surface area (Å²) in [5.41, 5.74) is 2.04. The summed E-state index contributed by atoms with van der Waals surface area (Å²) < 4.78 is 34.2. The second kappa shape index (κ2) is 11.0. The number of nitrogens with zero attached hydrogens (tertiary/aromatic N) is 2. The fourth-order valence-corrected chi connectivity index (χ4v) is 4.80. The van der Waals surface area contributed by atoms with Crippen LogP contribution in [0.3, 0.4) is 0 Å². The number of hydrogen-bond donors (Lipinski definition) is 1. The van der Waals surface area contributed by atoms with Crippen molar-refractivity contribution in [1.29, 1.82) is 0 Å². The van der Waals surface area contributed by atoms with E-state index in [1.165, 1.54) is 0 Å². The molecule has 0 bridgehead atoms. The molecule has 1 aliphatic heterocycles. The Labute approximate surface area is 220 Å². The molecule has 4 rings (SSSR count). The van der Waals surface area contributed by atoms with Gasteiger partial charge in [-0.15, -0.1) is 0 Å². The number of aryl methyl sites for hydroxylation is 1. The van der Waals surface area contributed by atoms with Crippen LogP contribution in [0.2, 0.25) is 0 Å². The number of hydrogen-bond acceptors (Lipinski definition) is 5. The van der Waals surface area contributed by atoms with E-state index in [1.54, 1.807) is 37.3 Å². The van der Waals surface area contributed by atoms with Gasteiger partial charge in [-0.3, -0.25) is 14.5 Å². The number of aliphatic hydroxyl groups excluding tert-OH is 1. The van der Waals surface area contributed by atoms with Gasteiger partial charge in [0, 0.05) is 30.4 Å². The predicted molar refractivity (Wildman–Crippen MR) is 143 cm³/mol. The van der Waals surface area contributed by atoms with Crippen LogP contribution in [0.5, 0.6) is 5.75 Å². The normalized spacial score (nSPS) is 16.7. The van der Waals surface area contributed by atoms with Crippen molar-refractivity contribution in [3.63, 3.8) is 0 Å². The highest BCUT2D eigenvalue weighted by molar-refractivity contribution is 6.51. The minimum absolute atomic E-state index is 0.183. The van der Waals surface area contributed by atoms with Gasteiger partial charge in [-0.05, 0) is 81.3 Å². The zero-order valence-electron chi connectivity index (χ0n) is 21.8. The van der Waals surface area contributed by atoms with Crippen LogP contribution in [0, 0.1) is 18.6 Å². The highest BCUT2D eigenvalue weighted by Gasteiger charge is 2.47. The number of rotatable bonds is 8. The molecule has 0 aromatic heterocycles. The average Bonchev–Trinajstić information content (AvgIpc) is 3.16. The Bertz CT molecular complexity index is 1400. The van der Waals surface area contributed by atoms with Gasteiger partial charge in [0.05, 0.1) is 23.9 Å². The Hall–Kier alpha value is -4.20. The molecule has 1 atom stereocenters. The van der Waals surface area contributed by atoms with E-state index in [0.717, 1.165) is 41.4 Å². The van der Waals surface area contributed by atoms with Gasteiger partial charge in [0.1, 0.15) is 23.1 Å². The summed E-state index contributed by atoms with van der Waals surface area (Å²) in [6.07, 6.45) is 0. The van der Waals surface area contributed by atoms with Crippen molar-refractivity contribution in [2.75, 3.05) is 29.5 Å². The molecule has 1 N–H and O–H groups in total. The number of Topliss-reactive ketones (excluding diaryl/α,β-unsaturated/α-hetero) is 1. The largest absolute Gasteiger partial charge is 0.507 e. The van der Waals surface area contributed by atoms with Gasteiger partial charge in [0.2, 0.25) is 0 Å². The summed E-state index contributed by atoms with van der Waals surface area (Å²) in [7, 11) is 0. The Balaban J connectivity index is 1.91. The zero-order valence-corrected chi connectivity index (χ0v) is 21.8. The van der Waals surface area contributed by atoms with E-state index >= 15 is 0 Å². The van der Waals surface area contributed by atoms with Crippen LogP contribution in [-0.4, -0.2) is 36.5 Å². The second-order valence-corrected chi connectivity index (χ2v) is 8.94. The van der Waals surface area contributed by atoms with Crippen LogP contribution in [0.4, 0.5) is 20.2 Å². The van der Waals surface area contributed by atoms with Crippen molar-refractivity contribution in [3.8, 4) is 5.75 Å². The highest BCUT2D eigenvalue weighted by atomic mass is 19.1. The monoisotopic (exact) mass is 520 g/mol. The molecule has 38 heavy (non-hydrogen) atoms. The van der Waals surface area contributed by atoms with Gasteiger partial charge in [0.25, 0.3) is 11.7 Å². The second-order valence-electron chi connectivity index (χ2n) is 8.94. The average molecular weight is 521 g/mol. The van der Waals surface area contributed by atoms with Gasteiger partial charge in [-0.25, -0.2) is 8.78 Å². The first-order chi connectivity index (χ1) is 18.2. The number of carbonyl (C=O) groups excluding carboxylic acids is 2. The fourth-order valence-electron chi connectivity index (χ4n) is 4.80. The van der Waals surface area contributed by atoms with Crippen LogP contribution in [0.25, 0.3) is 5.76 Å². The first kappa shape index (κ1) is 26.9. The maximum absolute atomic E-state index is 14.9. The Kier molecular flexibility index (Phi) is 7.80. The molecular weight excluding hydrogens is 490 g/mol. The van der Waals surface area contributed by atoms with E-state index < -0.39 is 35.1 Å². The summed E-state index contributed by atoms with van der Waals surface area (Å²) in [6.45, 7) is 9.75. The van der Waals surface area contributed by atoms with Gasteiger partial charge in [0.15, 0.2) is 0 Å². The summed E-state index contributed by atoms with van der Waals surface area (Å²) in [5.74, 6) is -3.55. The third-order valence-corrected chi connectivity index (χ3v) is 6.70. The van der Waals surface area contributed by atoms with E-state index in [0.29, 0.717) is 29.5 Å². The lowest BCUT2D eigenvalue weighted by Gasteiger charge is -2.27. The molecule has 198 valence electrons. The van der Waals surface area contributed by atoms with Crippen LogP contribution in [0.15, 0.2) is 66.2 Å². The lowest BCUT2D eigenvalue weighted by atomic mass is 9.94. The molecule has 8 heteroatoms.